The fourth-order valence-electron chi connectivity index (χ4n) is 2.05. The second-order valence-corrected chi connectivity index (χ2v) is 8.47. The van der Waals surface area contributed by atoms with Gasteiger partial charge in [-0.05, 0) is 48.8 Å². The number of amides is 2. The summed E-state index contributed by atoms with van der Waals surface area (Å²) in [5.74, 6) is 1.76. The molecular formula is C17H24Cl2N2O3S2. The second-order valence-electron chi connectivity index (χ2n) is 5.41. The molecule has 146 valence electrons. The lowest BCUT2D eigenvalue weighted by atomic mass is 10.1. The third kappa shape index (κ3) is 8.86. The highest BCUT2D eigenvalue weighted by molar-refractivity contribution is 7.99. The molecule has 1 aromatic carbocycles. The SMILES string of the molecule is CSCC[C@@H](NC(=O)c1ccc(Cl)cc1Cl)C(=O)NCCSCCCO. The van der Waals surface area contributed by atoms with E-state index in [1.54, 1.807) is 35.7 Å². The monoisotopic (exact) mass is 438 g/mol. The van der Waals surface area contributed by atoms with Crippen LogP contribution in [-0.2, 0) is 4.79 Å². The zero-order chi connectivity index (χ0) is 19.4. The molecule has 0 aromatic heterocycles. The van der Waals surface area contributed by atoms with Crippen molar-refractivity contribution in [1.82, 2.24) is 10.6 Å². The van der Waals surface area contributed by atoms with Crippen molar-refractivity contribution in [1.29, 1.82) is 0 Å². The molecule has 3 N–H and O–H groups in total. The van der Waals surface area contributed by atoms with Crippen molar-refractivity contribution >= 4 is 58.5 Å². The van der Waals surface area contributed by atoms with E-state index in [1.165, 1.54) is 6.07 Å². The third-order valence-corrected chi connectivity index (χ3v) is 5.66. The summed E-state index contributed by atoms with van der Waals surface area (Å²) in [6.07, 6.45) is 3.22. The van der Waals surface area contributed by atoms with Crippen LogP contribution in [0.3, 0.4) is 0 Å². The third-order valence-electron chi connectivity index (χ3n) is 3.40. The van der Waals surface area contributed by atoms with E-state index in [9.17, 15) is 9.59 Å². The zero-order valence-electron chi connectivity index (χ0n) is 14.6. The molecule has 0 radical (unpaired) electrons. The smallest absolute Gasteiger partial charge is 0.253 e. The van der Waals surface area contributed by atoms with Gasteiger partial charge in [0.05, 0.1) is 10.6 Å². The summed E-state index contributed by atoms with van der Waals surface area (Å²) < 4.78 is 0. The maximum Gasteiger partial charge on any atom is 0.253 e. The van der Waals surface area contributed by atoms with Crippen LogP contribution in [0.25, 0.3) is 0 Å². The number of aliphatic hydroxyl groups is 1. The number of hydrogen-bond acceptors (Lipinski definition) is 5. The molecule has 0 aliphatic carbocycles. The quantitative estimate of drug-likeness (QED) is 0.437. The van der Waals surface area contributed by atoms with E-state index in [0.717, 1.165) is 23.7 Å². The predicted molar refractivity (Wildman–Crippen MR) is 113 cm³/mol. The Bertz CT molecular complexity index is 591. The second kappa shape index (κ2) is 13.6. The van der Waals surface area contributed by atoms with Crippen LogP contribution in [-0.4, -0.2) is 59.6 Å². The highest BCUT2D eigenvalue weighted by Crippen LogP contribution is 2.21. The van der Waals surface area contributed by atoms with Crippen molar-refractivity contribution in [3.63, 3.8) is 0 Å². The molecule has 0 aliphatic rings. The van der Waals surface area contributed by atoms with Gasteiger partial charge >= 0.3 is 0 Å². The number of carbonyl (C=O) groups excluding carboxylic acids is 2. The predicted octanol–water partition coefficient (Wildman–Crippen LogP) is 3.08. The van der Waals surface area contributed by atoms with Gasteiger partial charge < -0.3 is 15.7 Å². The lowest BCUT2D eigenvalue weighted by molar-refractivity contribution is -0.122. The average molecular weight is 439 g/mol. The first-order valence-corrected chi connectivity index (χ1v) is 11.5. The fraction of sp³-hybridized carbons (Fsp3) is 0.529. The number of hydrogen-bond donors (Lipinski definition) is 3. The number of aliphatic hydroxyl groups excluding tert-OH is 1. The van der Waals surface area contributed by atoms with Gasteiger partial charge in [-0.1, -0.05) is 23.2 Å². The molecule has 0 heterocycles. The first kappa shape index (κ1) is 23.4. The Morgan fingerprint density at radius 3 is 2.65 bits per heavy atom. The van der Waals surface area contributed by atoms with E-state index in [-0.39, 0.29) is 23.1 Å². The number of benzene rings is 1. The molecular weight excluding hydrogens is 415 g/mol. The van der Waals surface area contributed by atoms with E-state index in [0.29, 0.717) is 18.0 Å². The zero-order valence-corrected chi connectivity index (χ0v) is 17.7. The maximum atomic E-state index is 12.4. The minimum absolute atomic E-state index is 0.176. The highest BCUT2D eigenvalue weighted by Gasteiger charge is 2.22. The lowest BCUT2D eigenvalue weighted by Crippen LogP contribution is -2.47. The lowest BCUT2D eigenvalue weighted by Gasteiger charge is -2.18. The molecule has 2 amide bonds. The Morgan fingerprint density at radius 1 is 1.23 bits per heavy atom. The molecule has 9 heteroatoms. The molecule has 5 nitrogen and oxygen atoms in total. The van der Waals surface area contributed by atoms with Crippen molar-refractivity contribution in [2.45, 2.75) is 18.9 Å². The fourth-order valence-corrected chi connectivity index (χ4v) is 3.80. The van der Waals surface area contributed by atoms with Gasteiger partial charge in [-0.25, -0.2) is 0 Å². The first-order chi connectivity index (χ1) is 12.5. The molecule has 0 bridgehead atoms. The van der Waals surface area contributed by atoms with Gasteiger partial charge in [0, 0.05) is 23.9 Å². The summed E-state index contributed by atoms with van der Waals surface area (Å²) in [7, 11) is 0. The standard InChI is InChI=1S/C17H24Cl2N2O3S2/c1-25-9-5-15(17(24)20-6-10-26-8-2-7-22)21-16(23)13-4-3-12(18)11-14(13)19/h3-4,11,15,22H,2,5-10H2,1H3,(H,20,24)(H,21,23)/t15-/m1/s1. The van der Waals surface area contributed by atoms with E-state index in [4.69, 9.17) is 28.3 Å². The van der Waals surface area contributed by atoms with Crippen LogP contribution in [0.1, 0.15) is 23.2 Å². The highest BCUT2D eigenvalue weighted by atomic mass is 35.5. The van der Waals surface area contributed by atoms with Crippen molar-refractivity contribution in [3.8, 4) is 0 Å². The minimum atomic E-state index is -0.621. The van der Waals surface area contributed by atoms with Gasteiger partial charge in [0.2, 0.25) is 5.91 Å². The molecule has 0 saturated heterocycles. The summed E-state index contributed by atoms with van der Waals surface area (Å²) in [6.45, 7) is 0.692. The maximum absolute atomic E-state index is 12.4. The summed E-state index contributed by atoms with van der Waals surface area (Å²) >= 11 is 15.2. The van der Waals surface area contributed by atoms with Crippen LogP contribution in [0.15, 0.2) is 18.2 Å². The topological polar surface area (TPSA) is 78.4 Å². The van der Waals surface area contributed by atoms with Crippen LogP contribution in [0, 0.1) is 0 Å². The number of rotatable bonds is 12. The van der Waals surface area contributed by atoms with Crippen molar-refractivity contribution < 1.29 is 14.7 Å². The summed E-state index contributed by atoms with van der Waals surface area (Å²) in [4.78, 5) is 24.9. The van der Waals surface area contributed by atoms with Crippen LogP contribution >= 0.6 is 46.7 Å². The Labute approximate surface area is 173 Å². The van der Waals surface area contributed by atoms with Gasteiger partial charge in [-0.15, -0.1) is 0 Å². The van der Waals surface area contributed by atoms with Gasteiger partial charge in [0.25, 0.3) is 5.91 Å². The molecule has 1 aromatic rings. The van der Waals surface area contributed by atoms with Crippen LogP contribution < -0.4 is 10.6 Å². The Morgan fingerprint density at radius 2 is 2.00 bits per heavy atom. The van der Waals surface area contributed by atoms with E-state index in [2.05, 4.69) is 10.6 Å². The normalized spacial score (nSPS) is 11.8. The van der Waals surface area contributed by atoms with E-state index < -0.39 is 11.9 Å². The van der Waals surface area contributed by atoms with Crippen molar-refractivity contribution in [3.05, 3.63) is 33.8 Å². The average Bonchev–Trinajstić information content (AvgIpc) is 2.61. The van der Waals surface area contributed by atoms with E-state index in [1.807, 2.05) is 6.26 Å². The Balaban J connectivity index is 2.58. The summed E-state index contributed by atoms with van der Waals surface area (Å²) in [5, 5.41) is 15.0. The molecule has 0 unspecified atom stereocenters. The van der Waals surface area contributed by atoms with Gasteiger partial charge in [-0.2, -0.15) is 23.5 Å². The minimum Gasteiger partial charge on any atom is -0.396 e. The number of nitrogens with one attached hydrogen (secondary N) is 2. The Hall–Kier alpha value is -0.600. The summed E-state index contributed by atoms with van der Waals surface area (Å²) in [6, 6.07) is 4.01. The number of halogens is 2. The molecule has 0 aliphatic heterocycles. The van der Waals surface area contributed by atoms with Gasteiger partial charge in [0.1, 0.15) is 6.04 Å². The first-order valence-electron chi connectivity index (χ1n) is 8.20. The van der Waals surface area contributed by atoms with Crippen molar-refractivity contribution in [2.24, 2.45) is 0 Å². The van der Waals surface area contributed by atoms with Crippen molar-refractivity contribution in [2.75, 3.05) is 36.7 Å². The summed E-state index contributed by atoms with van der Waals surface area (Å²) in [5.41, 5.74) is 0.289. The molecule has 1 atom stereocenters. The van der Waals surface area contributed by atoms with Gasteiger partial charge in [-0.3, -0.25) is 9.59 Å². The molecule has 0 fully saturated rings. The molecule has 0 saturated carbocycles. The van der Waals surface area contributed by atoms with Crippen LogP contribution in [0.4, 0.5) is 0 Å². The van der Waals surface area contributed by atoms with Crippen LogP contribution in [0.5, 0.6) is 0 Å². The molecule has 1 rings (SSSR count). The number of carbonyl (C=O) groups is 2. The van der Waals surface area contributed by atoms with Crippen LogP contribution in [0.2, 0.25) is 10.0 Å². The van der Waals surface area contributed by atoms with Gasteiger partial charge in [0.15, 0.2) is 0 Å². The largest absolute Gasteiger partial charge is 0.396 e. The molecule has 26 heavy (non-hydrogen) atoms. The van der Waals surface area contributed by atoms with E-state index >= 15 is 0 Å². The molecule has 0 spiro atoms. The Kier molecular flexibility index (Phi) is 12.2. The number of thioether (sulfide) groups is 2.